The van der Waals surface area contributed by atoms with Gasteiger partial charge in [0.25, 0.3) is 5.91 Å². The van der Waals surface area contributed by atoms with Gasteiger partial charge in [-0.25, -0.2) is 13.2 Å². The van der Waals surface area contributed by atoms with Crippen LogP contribution in [0.2, 0.25) is 0 Å². The van der Waals surface area contributed by atoms with Crippen LogP contribution in [0.5, 0.6) is 0 Å². The Morgan fingerprint density at radius 3 is 2.21 bits per heavy atom. The van der Waals surface area contributed by atoms with Crippen molar-refractivity contribution in [1.29, 1.82) is 0 Å². The number of nitrogens with one attached hydrogen (secondary N) is 1. The third-order valence-electron chi connectivity index (χ3n) is 3.53. The normalized spacial score (nSPS) is 11.0. The zero-order chi connectivity index (χ0) is 17.9. The van der Waals surface area contributed by atoms with E-state index in [1.807, 2.05) is 0 Å². The number of hydrogen-bond acceptors (Lipinski definition) is 5. The first-order chi connectivity index (χ1) is 11.2. The second kappa shape index (κ2) is 6.84. The van der Waals surface area contributed by atoms with E-state index in [1.165, 1.54) is 31.4 Å². The van der Waals surface area contributed by atoms with Gasteiger partial charge in [-0.2, -0.15) is 0 Å². The fourth-order valence-electron chi connectivity index (χ4n) is 2.15. The minimum atomic E-state index is -3.31. The Bertz CT molecular complexity index is 886. The lowest BCUT2D eigenvalue weighted by Gasteiger charge is -2.11. The smallest absolute Gasteiger partial charge is 0.338 e. The van der Waals surface area contributed by atoms with Crippen molar-refractivity contribution >= 4 is 27.4 Å². The van der Waals surface area contributed by atoms with Crippen molar-refractivity contribution in [3.63, 3.8) is 0 Å². The highest BCUT2D eigenvalue weighted by Crippen LogP contribution is 2.21. The van der Waals surface area contributed by atoms with Gasteiger partial charge in [0.15, 0.2) is 9.84 Å². The van der Waals surface area contributed by atoms with Crippen LogP contribution in [0.15, 0.2) is 47.4 Å². The van der Waals surface area contributed by atoms with Gasteiger partial charge in [-0.3, -0.25) is 4.79 Å². The average molecular weight is 347 g/mol. The molecular formula is C17H17NO5S. The topological polar surface area (TPSA) is 89.5 Å². The summed E-state index contributed by atoms with van der Waals surface area (Å²) in [4.78, 5) is 24.1. The van der Waals surface area contributed by atoms with E-state index in [9.17, 15) is 18.0 Å². The summed E-state index contributed by atoms with van der Waals surface area (Å²) < 4.78 is 27.6. The average Bonchev–Trinajstić information content (AvgIpc) is 2.55. The third-order valence-corrected chi connectivity index (χ3v) is 4.66. The van der Waals surface area contributed by atoms with Gasteiger partial charge in [-0.1, -0.05) is 6.07 Å². The molecule has 0 unspecified atom stereocenters. The number of carbonyl (C=O) groups excluding carboxylic acids is 2. The molecule has 1 amide bonds. The molecule has 0 atom stereocenters. The second-order valence-corrected chi connectivity index (χ2v) is 7.24. The zero-order valence-corrected chi connectivity index (χ0v) is 14.3. The van der Waals surface area contributed by atoms with Crippen LogP contribution in [0, 0.1) is 6.92 Å². The van der Waals surface area contributed by atoms with Crippen LogP contribution >= 0.6 is 0 Å². The lowest BCUT2D eigenvalue weighted by Crippen LogP contribution is -2.14. The van der Waals surface area contributed by atoms with Crippen LogP contribution in [0.3, 0.4) is 0 Å². The third kappa shape index (κ3) is 3.80. The summed E-state index contributed by atoms with van der Waals surface area (Å²) in [5.41, 5.74) is 1.74. The number of benzene rings is 2. The van der Waals surface area contributed by atoms with Crippen LogP contribution in [0.1, 0.15) is 26.3 Å². The van der Waals surface area contributed by atoms with E-state index in [4.69, 9.17) is 4.74 Å². The van der Waals surface area contributed by atoms with Gasteiger partial charge in [0.2, 0.25) is 0 Å². The minimum absolute atomic E-state index is 0.142. The molecule has 0 fully saturated rings. The molecule has 7 heteroatoms. The van der Waals surface area contributed by atoms with Crippen LogP contribution in [0.25, 0.3) is 0 Å². The fraction of sp³-hybridized carbons (Fsp3) is 0.176. The van der Waals surface area contributed by atoms with Crippen molar-refractivity contribution in [2.24, 2.45) is 0 Å². The largest absolute Gasteiger partial charge is 0.465 e. The molecule has 0 aliphatic carbocycles. The van der Waals surface area contributed by atoms with Crippen molar-refractivity contribution in [1.82, 2.24) is 0 Å². The molecule has 0 aliphatic heterocycles. The maximum absolute atomic E-state index is 12.3. The highest BCUT2D eigenvalue weighted by Gasteiger charge is 2.15. The van der Waals surface area contributed by atoms with Crippen LogP contribution in [0.4, 0.5) is 5.69 Å². The number of rotatable bonds is 4. The van der Waals surface area contributed by atoms with Gasteiger partial charge >= 0.3 is 5.97 Å². The first-order valence-corrected chi connectivity index (χ1v) is 8.92. The lowest BCUT2D eigenvalue weighted by atomic mass is 10.1. The van der Waals surface area contributed by atoms with Crippen molar-refractivity contribution < 1.29 is 22.7 Å². The summed E-state index contributed by atoms with van der Waals surface area (Å²) in [5, 5.41) is 2.71. The molecule has 2 rings (SSSR count). The summed E-state index contributed by atoms with van der Waals surface area (Å²) in [5.74, 6) is -0.888. The SMILES string of the molecule is COC(=O)c1cccc(NC(=O)c2ccc(S(C)(=O)=O)cc2)c1C. The van der Waals surface area contributed by atoms with Gasteiger partial charge in [-0.05, 0) is 48.9 Å². The predicted octanol–water partition coefficient (Wildman–Crippen LogP) is 2.44. The molecule has 2 aromatic carbocycles. The summed E-state index contributed by atoms with van der Waals surface area (Å²) >= 11 is 0. The zero-order valence-electron chi connectivity index (χ0n) is 13.5. The maximum Gasteiger partial charge on any atom is 0.338 e. The minimum Gasteiger partial charge on any atom is -0.465 e. The number of methoxy groups -OCH3 is 1. The second-order valence-electron chi connectivity index (χ2n) is 5.22. The first kappa shape index (κ1) is 17.7. The number of carbonyl (C=O) groups is 2. The standard InChI is InChI=1S/C17H17NO5S/c1-11-14(17(20)23-2)5-4-6-15(11)18-16(19)12-7-9-13(10-8-12)24(3,21)22/h4-10H,1-3H3,(H,18,19). The predicted molar refractivity (Wildman–Crippen MR) is 90.0 cm³/mol. The number of hydrogen-bond donors (Lipinski definition) is 1. The monoisotopic (exact) mass is 347 g/mol. The number of anilines is 1. The molecule has 0 bridgehead atoms. The molecule has 0 heterocycles. The van der Waals surface area contributed by atoms with Gasteiger partial charge in [-0.15, -0.1) is 0 Å². The molecule has 0 spiro atoms. The van der Waals surface area contributed by atoms with E-state index in [2.05, 4.69) is 5.32 Å². The van der Waals surface area contributed by atoms with E-state index < -0.39 is 21.7 Å². The van der Waals surface area contributed by atoms with E-state index in [-0.39, 0.29) is 4.90 Å². The quantitative estimate of drug-likeness (QED) is 0.858. The Labute approximate surface area is 140 Å². The van der Waals surface area contributed by atoms with E-state index in [1.54, 1.807) is 25.1 Å². The van der Waals surface area contributed by atoms with Crippen LogP contribution in [-0.2, 0) is 14.6 Å². The lowest BCUT2D eigenvalue weighted by molar-refractivity contribution is 0.0599. The van der Waals surface area contributed by atoms with Crippen LogP contribution in [-0.4, -0.2) is 33.7 Å². The summed E-state index contributed by atoms with van der Waals surface area (Å²) in [6.07, 6.45) is 1.10. The Hall–Kier alpha value is -2.67. The Morgan fingerprint density at radius 1 is 1.04 bits per heavy atom. The number of amides is 1. The first-order valence-electron chi connectivity index (χ1n) is 7.03. The Morgan fingerprint density at radius 2 is 1.67 bits per heavy atom. The molecule has 126 valence electrons. The molecule has 0 saturated heterocycles. The Kier molecular flexibility index (Phi) is 5.04. The van der Waals surface area contributed by atoms with Crippen LogP contribution < -0.4 is 5.32 Å². The van der Waals surface area contributed by atoms with Gasteiger partial charge < -0.3 is 10.1 Å². The fourth-order valence-corrected chi connectivity index (χ4v) is 2.78. The van der Waals surface area contributed by atoms with Crippen molar-refractivity contribution in [3.05, 3.63) is 59.2 Å². The summed E-state index contributed by atoms with van der Waals surface area (Å²) in [6, 6.07) is 10.5. The van der Waals surface area contributed by atoms with Gasteiger partial charge in [0.05, 0.1) is 17.6 Å². The van der Waals surface area contributed by atoms with Gasteiger partial charge in [0, 0.05) is 17.5 Å². The highest BCUT2D eigenvalue weighted by atomic mass is 32.2. The summed E-state index contributed by atoms with van der Waals surface area (Å²) in [6.45, 7) is 1.70. The highest BCUT2D eigenvalue weighted by molar-refractivity contribution is 7.90. The molecule has 0 aliphatic rings. The summed E-state index contributed by atoms with van der Waals surface area (Å²) in [7, 11) is -2.02. The maximum atomic E-state index is 12.3. The van der Waals surface area contributed by atoms with E-state index >= 15 is 0 Å². The molecule has 2 aromatic rings. The molecule has 0 saturated carbocycles. The number of esters is 1. The van der Waals surface area contributed by atoms with Crippen molar-refractivity contribution in [2.75, 3.05) is 18.7 Å². The van der Waals surface area contributed by atoms with E-state index in [0.29, 0.717) is 22.4 Å². The molecule has 24 heavy (non-hydrogen) atoms. The Balaban J connectivity index is 2.26. The number of sulfone groups is 1. The van der Waals surface area contributed by atoms with Gasteiger partial charge in [0.1, 0.15) is 0 Å². The van der Waals surface area contributed by atoms with Crippen molar-refractivity contribution in [2.45, 2.75) is 11.8 Å². The van der Waals surface area contributed by atoms with Crippen molar-refractivity contribution in [3.8, 4) is 0 Å². The molecule has 0 aromatic heterocycles. The molecule has 0 radical (unpaired) electrons. The molecular weight excluding hydrogens is 330 g/mol. The molecule has 6 nitrogen and oxygen atoms in total. The number of ether oxygens (including phenoxy) is 1. The van der Waals surface area contributed by atoms with E-state index in [0.717, 1.165) is 6.26 Å². The molecule has 1 N–H and O–H groups in total.